The van der Waals surface area contributed by atoms with Crippen LogP contribution in [0.4, 0.5) is 0 Å². The summed E-state index contributed by atoms with van der Waals surface area (Å²) in [7, 11) is 0. The summed E-state index contributed by atoms with van der Waals surface area (Å²) in [5.41, 5.74) is 3.88. The van der Waals surface area contributed by atoms with Crippen LogP contribution in [0.3, 0.4) is 0 Å². The summed E-state index contributed by atoms with van der Waals surface area (Å²) < 4.78 is 0. The second-order valence-corrected chi connectivity index (χ2v) is 4.01. The molecular formula is C15H15NO. The summed E-state index contributed by atoms with van der Waals surface area (Å²) in [5.74, 6) is 0.308. The van der Waals surface area contributed by atoms with E-state index in [1.165, 1.54) is 0 Å². The lowest BCUT2D eigenvalue weighted by Crippen LogP contribution is -1.90. The molecule has 0 bridgehead atoms. The number of pyridine rings is 1. The van der Waals surface area contributed by atoms with Crippen LogP contribution in [0.25, 0.3) is 16.7 Å². The highest BCUT2D eigenvalue weighted by Crippen LogP contribution is 2.22. The maximum Gasteiger partial charge on any atom is 0.0942 e. The predicted octanol–water partition coefficient (Wildman–Crippen LogP) is 4.06. The van der Waals surface area contributed by atoms with Crippen molar-refractivity contribution in [2.24, 2.45) is 0 Å². The van der Waals surface area contributed by atoms with Crippen LogP contribution < -0.4 is 0 Å². The number of aromatic nitrogens is 1. The van der Waals surface area contributed by atoms with Gasteiger partial charge in [0.2, 0.25) is 0 Å². The summed E-state index contributed by atoms with van der Waals surface area (Å²) in [5, 5.41) is 9.48. The van der Waals surface area contributed by atoms with Gasteiger partial charge in [0.05, 0.1) is 11.5 Å². The molecule has 1 aromatic carbocycles. The van der Waals surface area contributed by atoms with E-state index in [1.54, 1.807) is 13.1 Å². The van der Waals surface area contributed by atoms with E-state index in [4.69, 9.17) is 0 Å². The molecule has 0 atom stereocenters. The SMILES string of the molecule is C/C(O)=C(\C)c1cc(-c2ccccc2)ccn1. The van der Waals surface area contributed by atoms with Gasteiger partial charge in [0.25, 0.3) is 0 Å². The van der Waals surface area contributed by atoms with Crippen molar-refractivity contribution >= 4 is 5.57 Å². The molecule has 0 saturated carbocycles. The normalized spacial score (nSPS) is 12.1. The number of nitrogens with zero attached hydrogens (tertiary/aromatic N) is 1. The second kappa shape index (κ2) is 4.83. The molecule has 0 radical (unpaired) electrons. The van der Waals surface area contributed by atoms with E-state index in [9.17, 15) is 5.11 Å². The van der Waals surface area contributed by atoms with E-state index >= 15 is 0 Å². The van der Waals surface area contributed by atoms with Gasteiger partial charge in [-0.1, -0.05) is 30.3 Å². The number of aliphatic hydroxyl groups is 1. The topological polar surface area (TPSA) is 33.1 Å². The van der Waals surface area contributed by atoms with Crippen LogP contribution in [0.2, 0.25) is 0 Å². The largest absolute Gasteiger partial charge is 0.512 e. The summed E-state index contributed by atoms with van der Waals surface area (Å²) in [6, 6.07) is 14.1. The van der Waals surface area contributed by atoms with Crippen molar-refractivity contribution in [2.75, 3.05) is 0 Å². The van der Waals surface area contributed by atoms with E-state index < -0.39 is 0 Å². The minimum absolute atomic E-state index is 0.308. The fourth-order valence-corrected chi connectivity index (χ4v) is 1.63. The van der Waals surface area contributed by atoms with Gasteiger partial charge < -0.3 is 5.11 Å². The zero-order valence-corrected chi connectivity index (χ0v) is 10.0. The minimum Gasteiger partial charge on any atom is -0.512 e. The van der Waals surface area contributed by atoms with Crippen molar-refractivity contribution in [3.8, 4) is 11.1 Å². The third-order valence-electron chi connectivity index (χ3n) is 2.79. The molecule has 2 rings (SSSR count). The van der Waals surface area contributed by atoms with Crippen LogP contribution in [0.1, 0.15) is 19.5 Å². The highest BCUT2D eigenvalue weighted by molar-refractivity contribution is 5.70. The van der Waals surface area contributed by atoms with Crippen LogP contribution in [-0.4, -0.2) is 10.1 Å². The van der Waals surface area contributed by atoms with Crippen molar-refractivity contribution in [3.63, 3.8) is 0 Å². The number of allylic oxidation sites excluding steroid dienone is 2. The molecule has 17 heavy (non-hydrogen) atoms. The van der Waals surface area contributed by atoms with Crippen molar-refractivity contribution in [2.45, 2.75) is 13.8 Å². The van der Waals surface area contributed by atoms with Gasteiger partial charge in [0, 0.05) is 11.8 Å². The van der Waals surface area contributed by atoms with Gasteiger partial charge in [-0.25, -0.2) is 0 Å². The molecule has 0 fully saturated rings. The maximum absolute atomic E-state index is 9.48. The van der Waals surface area contributed by atoms with Crippen molar-refractivity contribution < 1.29 is 5.11 Å². The number of rotatable bonds is 2. The first-order valence-electron chi connectivity index (χ1n) is 5.57. The van der Waals surface area contributed by atoms with E-state index in [0.717, 1.165) is 22.4 Å². The van der Waals surface area contributed by atoms with Gasteiger partial charge >= 0.3 is 0 Å². The Morgan fingerprint density at radius 1 is 1.00 bits per heavy atom. The van der Waals surface area contributed by atoms with E-state index in [-0.39, 0.29) is 0 Å². The predicted molar refractivity (Wildman–Crippen MR) is 70.6 cm³/mol. The summed E-state index contributed by atoms with van der Waals surface area (Å²) in [4.78, 5) is 4.27. The molecule has 1 aromatic heterocycles. The van der Waals surface area contributed by atoms with Crippen molar-refractivity contribution in [1.29, 1.82) is 0 Å². The van der Waals surface area contributed by atoms with Gasteiger partial charge in [-0.2, -0.15) is 0 Å². The molecule has 1 N–H and O–H groups in total. The number of hydrogen-bond acceptors (Lipinski definition) is 2. The zero-order chi connectivity index (χ0) is 12.3. The van der Waals surface area contributed by atoms with Gasteiger partial charge in [0.15, 0.2) is 0 Å². The third-order valence-corrected chi connectivity index (χ3v) is 2.79. The standard InChI is InChI=1S/C15H15NO/c1-11(12(2)17)15-10-14(8-9-16-15)13-6-4-3-5-7-13/h3-10,17H,1-2H3/b12-11-. The van der Waals surface area contributed by atoms with E-state index in [0.29, 0.717) is 5.76 Å². The van der Waals surface area contributed by atoms with Crippen molar-refractivity contribution in [3.05, 3.63) is 60.1 Å². The number of aliphatic hydroxyl groups excluding tert-OH is 1. The van der Waals surface area contributed by atoms with Gasteiger partial charge in [0.1, 0.15) is 0 Å². The molecule has 0 saturated heterocycles. The summed E-state index contributed by atoms with van der Waals surface area (Å²) in [6.07, 6.45) is 1.77. The average molecular weight is 225 g/mol. The monoisotopic (exact) mass is 225 g/mol. The Morgan fingerprint density at radius 2 is 1.71 bits per heavy atom. The second-order valence-electron chi connectivity index (χ2n) is 4.01. The lowest BCUT2D eigenvalue weighted by atomic mass is 10.0. The van der Waals surface area contributed by atoms with Crippen LogP contribution in [0.15, 0.2) is 54.4 Å². The minimum atomic E-state index is 0.308. The fraction of sp³-hybridized carbons (Fsp3) is 0.133. The summed E-state index contributed by atoms with van der Waals surface area (Å²) in [6.45, 7) is 3.54. The smallest absolute Gasteiger partial charge is 0.0942 e. The highest BCUT2D eigenvalue weighted by Gasteiger charge is 2.03. The first kappa shape index (κ1) is 11.4. The molecule has 0 aliphatic carbocycles. The molecule has 0 aliphatic rings. The maximum atomic E-state index is 9.48. The van der Waals surface area contributed by atoms with Gasteiger partial charge in [-0.05, 0) is 37.1 Å². The van der Waals surface area contributed by atoms with Crippen LogP contribution in [0.5, 0.6) is 0 Å². The van der Waals surface area contributed by atoms with Crippen LogP contribution >= 0.6 is 0 Å². The Bertz CT molecular complexity index is 540. The quantitative estimate of drug-likeness (QED) is 0.782. The van der Waals surface area contributed by atoms with E-state index in [2.05, 4.69) is 17.1 Å². The first-order chi connectivity index (χ1) is 8.18. The van der Waals surface area contributed by atoms with Crippen LogP contribution in [-0.2, 0) is 0 Å². The lowest BCUT2D eigenvalue weighted by molar-refractivity contribution is 0.416. The Kier molecular flexibility index (Phi) is 3.24. The Hall–Kier alpha value is -2.09. The van der Waals surface area contributed by atoms with Crippen LogP contribution in [0, 0.1) is 0 Å². The number of benzene rings is 1. The third kappa shape index (κ3) is 2.53. The Balaban J connectivity index is 2.46. The number of hydrogen-bond donors (Lipinski definition) is 1. The molecule has 2 aromatic rings. The zero-order valence-electron chi connectivity index (χ0n) is 10.0. The molecule has 2 heteroatoms. The average Bonchev–Trinajstić information content (AvgIpc) is 2.39. The molecule has 86 valence electrons. The Labute approximate surface area is 101 Å². The van der Waals surface area contributed by atoms with E-state index in [1.807, 2.05) is 37.3 Å². The van der Waals surface area contributed by atoms with Gasteiger partial charge in [-0.15, -0.1) is 0 Å². The fourth-order valence-electron chi connectivity index (χ4n) is 1.63. The molecule has 1 heterocycles. The molecule has 0 spiro atoms. The highest BCUT2D eigenvalue weighted by atomic mass is 16.3. The van der Waals surface area contributed by atoms with Gasteiger partial charge in [-0.3, -0.25) is 4.98 Å². The first-order valence-corrected chi connectivity index (χ1v) is 5.57. The molecule has 2 nitrogen and oxygen atoms in total. The lowest BCUT2D eigenvalue weighted by Gasteiger charge is -2.05. The molecule has 0 amide bonds. The molecule has 0 aliphatic heterocycles. The summed E-state index contributed by atoms with van der Waals surface area (Å²) >= 11 is 0. The van der Waals surface area contributed by atoms with Crippen molar-refractivity contribution in [1.82, 2.24) is 4.98 Å². The Morgan fingerprint density at radius 3 is 2.35 bits per heavy atom. The molecular weight excluding hydrogens is 210 g/mol. The molecule has 0 unspecified atom stereocenters.